The Labute approximate surface area is 169 Å². The number of amides is 2. The third-order valence-electron chi connectivity index (χ3n) is 5.04. The van der Waals surface area contributed by atoms with Gasteiger partial charge in [0.2, 0.25) is 5.91 Å². The summed E-state index contributed by atoms with van der Waals surface area (Å²) in [5.41, 5.74) is 3.00. The maximum absolute atomic E-state index is 12.2. The van der Waals surface area contributed by atoms with E-state index in [4.69, 9.17) is 9.84 Å². The van der Waals surface area contributed by atoms with Gasteiger partial charge in [0.05, 0.1) is 0 Å². The van der Waals surface area contributed by atoms with Crippen molar-refractivity contribution in [3.63, 3.8) is 0 Å². The standard InChI is InChI=1S/C22H24N2O5/c1-13(19(25)24-22(2,3)20(26)27)23-21(28)29-12-18-16-10-6-4-8-14(16)15-9-5-7-11-17(15)18/h4-11,13,18H,12H2,1-3H3,(H,23,28)(H,24,25)(H,26,27)/t13-/m0/s1. The smallest absolute Gasteiger partial charge is 0.407 e. The van der Waals surface area contributed by atoms with Gasteiger partial charge in [-0.3, -0.25) is 4.79 Å². The molecule has 7 nitrogen and oxygen atoms in total. The first-order chi connectivity index (χ1) is 13.7. The summed E-state index contributed by atoms with van der Waals surface area (Å²) >= 11 is 0. The van der Waals surface area contributed by atoms with E-state index in [-0.39, 0.29) is 12.5 Å². The summed E-state index contributed by atoms with van der Waals surface area (Å²) in [6, 6.07) is 15.0. The number of carbonyl (C=O) groups is 3. The molecule has 3 N–H and O–H groups in total. The Balaban J connectivity index is 1.61. The van der Waals surface area contributed by atoms with Crippen molar-refractivity contribution in [1.29, 1.82) is 0 Å². The fourth-order valence-corrected chi connectivity index (χ4v) is 3.35. The minimum Gasteiger partial charge on any atom is -0.480 e. The lowest BCUT2D eigenvalue weighted by Crippen LogP contribution is -2.55. The van der Waals surface area contributed by atoms with Crippen LogP contribution in [0.15, 0.2) is 48.5 Å². The summed E-state index contributed by atoms with van der Waals surface area (Å²) in [6.45, 7) is 4.34. The van der Waals surface area contributed by atoms with Crippen LogP contribution in [-0.2, 0) is 14.3 Å². The van der Waals surface area contributed by atoms with Gasteiger partial charge in [-0.15, -0.1) is 0 Å². The fourth-order valence-electron chi connectivity index (χ4n) is 3.35. The molecule has 1 aliphatic rings. The van der Waals surface area contributed by atoms with Gasteiger partial charge < -0.3 is 20.5 Å². The lowest BCUT2D eigenvalue weighted by molar-refractivity contribution is -0.146. The molecule has 0 heterocycles. The predicted molar refractivity (Wildman–Crippen MR) is 108 cm³/mol. The van der Waals surface area contributed by atoms with Crippen LogP contribution in [0.5, 0.6) is 0 Å². The lowest BCUT2D eigenvalue weighted by Gasteiger charge is -2.23. The van der Waals surface area contributed by atoms with Crippen molar-refractivity contribution < 1.29 is 24.2 Å². The molecule has 29 heavy (non-hydrogen) atoms. The first kappa shape index (κ1) is 20.4. The van der Waals surface area contributed by atoms with Gasteiger partial charge in [-0.05, 0) is 43.0 Å². The first-order valence-corrected chi connectivity index (χ1v) is 9.37. The number of ether oxygens (including phenoxy) is 1. The van der Waals surface area contributed by atoms with Crippen LogP contribution in [0, 0.1) is 0 Å². The summed E-state index contributed by atoms with van der Waals surface area (Å²) < 4.78 is 5.39. The van der Waals surface area contributed by atoms with E-state index < -0.39 is 29.6 Å². The van der Waals surface area contributed by atoms with Gasteiger partial charge in [-0.1, -0.05) is 48.5 Å². The highest BCUT2D eigenvalue weighted by atomic mass is 16.5. The van der Waals surface area contributed by atoms with Crippen LogP contribution in [-0.4, -0.2) is 41.3 Å². The van der Waals surface area contributed by atoms with E-state index in [1.54, 1.807) is 0 Å². The molecule has 2 aromatic rings. The maximum Gasteiger partial charge on any atom is 0.407 e. The van der Waals surface area contributed by atoms with Crippen molar-refractivity contribution >= 4 is 18.0 Å². The maximum atomic E-state index is 12.2. The first-order valence-electron chi connectivity index (χ1n) is 9.37. The van der Waals surface area contributed by atoms with Crippen LogP contribution in [0.3, 0.4) is 0 Å². The van der Waals surface area contributed by atoms with Crippen LogP contribution in [0.25, 0.3) is 11.1 Å². The largest absolute Gasteiger partial charge is 0.480 e. The van der Waals surface area contributed by atoms with Crippen molar-refractivity contribution in [2.45, 2.75) is 38.3 Å². The Morgan fingerprint density at radius 1 is 1.03 bits per heavy atom. The molecule has 0 saturated carbocycles. The molecule has 0 bridgehead atoms. The van der Waals surface area contributed by atoms with Crippen molar-refractivity contribution in [3.8, 4) is 11.1 Å². The number of rotatable bonds is 6. The number of fused-ring (bicyclic) bond motifs is 3. The molecule has 2 amide bonds. The summed E-state index contributed by atoms with van der Waals surface area (Å²) in [5, 5.41) is 13.9. The molecule has 1 atom stereocenters. The normalized spacial score (nSPS) is 13.8. The number of hydrogen-bond acceptors (Lipinski definition) is 4. The molecular formula is C22H24N2O5. The molecule has 0 aromatic heterocycles. The van der Waals surface area contributed by atoms with Gasteiger partial charge in [-0.2, -0.15) is 0 Å². The Kier molecular flexibility index (Phi) is 5.59. The van der Waals surface area contributed by atoms with Crippen molar-refractivity contribution in [2.24, 2.45) is 0 Å². The van der Waals surface area contributed by atoms with Gasteiger partial charge in [0.25, 0.3) is 0 Å². The molecular weight excluding hydrogens is 372 g/mol. The number of carboxylic acid groups (broad SMARTS) is 1. The summed E-state index contributed by atoms with van der Waals surface area (Å²) in [6.07, 6.45) is -0.734. The van der Waals surface area contributed by atoms with Crippen LogP contribution in [0.1, 0.15) is 37.8 Å². The molecule has 0 saturated heterocycles. The molecule has 152 valence electrons. The molecule has 0 unspecified atom stereocenters. The lowest BCUT2D eigenvalue weighted by atomic mass is 9.98. The van der Waals surface area contributed by atoms with E-state index >= 15 is 0 Å². The zero-order valence-electron chi connectivity index (χ0n) is 16.6. The molecule has 2 aromatic carbocycles. The monoisotopic (exact) mass is 396 g/mol. The van der Waals surface area contributed by atoms with E-state index in [2.05, 4.69) is 10.6 Å². The zero-order valence-corrected chi connectivity index (χ0v) is 16.6. The number of carbonyl (C=O) groups excluding carboxylic acids is 2. The number of hydrogen-bond donors (Lipinski definition) is 3. The number of aliphatic carboxylic acids is 1. The molecule has 0 aliphatic heterocycles. The number of benzene rings is 2. The summed E-state index contributed by atoms with van der Waals surface area (Å²) in [5.74, 6) is -1.85. The highest BCUT2D eigenvalue weighted by Gasteiger charge is 2.32. The van der Waals surface area contributed by atoms with Gasteiger partial charge in [-0.25, -0.2) is 9.59 Å². The Hall–Kier alpha value is -3.35. The van der Waals surface area contributed by atoms with Crippen molar-refractivity contribution in [1.82, 2.24) is 10.6 Å². The summed E-state index contributed by atoms with van der Waals surface area (Å²) in [7, 11) is 0. The van der Waals surface area contributed by atoms with Gasteiger partial charge in [0.1, 0.15) is 18.2 Å². The van der Waals surface area contributed by atoms with E-state index in [9.17, 15) is 14.4 Å². The van der Waals surface area contributed by atoms with E-state index in [1.807, 2.05) is 48.5 Å². The molecule has 0 fully saturated rings. The van der Waals surface area contributed by atoms with Crippen LogP contribution in [0.4, 0.5) is 4.79 Å². The quantitative estimate of drug-likeness (QED) is 0.696. The average Bonchev–Trinajstić information content (AvgIpc) is 3.00. The molecule has 0 radical (unpaired) electrons. The molecule has 0 spiro atoms. The minimum atomic E-state index is -1.44. The van der Waals surface area contributed by atoms with Gasteiger partial charge in [0.15, 0.2) is 0 Å². The number of nitrogens with one attached hydrogen (secondary N) is 2. The third-order valence-corrected chi connectivity index (χ3v) is 5.04. The fraction of sp³-hybridized carbons (Fsp3) is 0.318. The van der Waals surface area contributed by atoms with E-state index in [0.717, 1.165) is 22.3 Å². The Morgan fingerprint density at radius 3 is 2.07 bits per heavy atom. The second kappa shape index (κ2) is 7.95. The van der Waals surface area contributed by atoms with Crippen LogP contribution in [0.2, 0.25) is 0 Å². The van der Waals surface area contributed by atoms with Crippen molar-refractivity contribution in [3.05, 3.63) is 59.7 Å². The van der Waals surface area contributed by atoms with Gasteiger partial charge >= 0.3 is 12.1 Å². The SMILES string of the molecule is C[C@H](NC(=O)OCC1c2ccccc2-c2ccccc21)C(=O)NC(C)(C)C(=O)O. The Bertz CT molecular complexity index is 908. The van der Waals surface area contributed by atoms with Crippen molar-refractivity contribution in [2.75, 3.05) is 6.61 Å². The summed E-state index contributed by atoms with van der Waals surface area (Å²) in [4.78, 5) is 35.5. The highest BCUT2D eigenvalue weighted by Crippen LogP contribution is 2.44. The third kappa shape index (κ3) is 4.23. The minimum absolute atomic E-state index is 0.0803. The predicted octanol–water partition coefficient (Wildman–Crippen LogP) is 2.89. The number of carboxylic acids is 1. The Morgan fingerprint density at radius 2 is 1.55 bits per heavy atom. The topological polar surface area (TPSA) is 105 Å². The van der Waals surface area contributed by atoms with Crippen LogP contribution >= 0.6 is 0 Å². The van der Waals surface area contributed by atoms with Crippen LogP contribution < -0.4 is 10.6 Å². The second-order valence-electron chi connectivity index (χ2n) is 7.61. The zero-order chi connectivity index (χ0) is 21.2. The molecule has 7 heteroatoms. The number of alkyl carbamates (subject to hydrolysis) is 1. The highest BCUT2D eigenvalue weighted by molar-refractivity contribution is 5.90. The average molecular weight is 396 g/mol. The van der Waals surface area contributed by atoms with Gasteiger partial charge in [0, 0.05) is 5.92 Å². The molecule has 3 rings (SSSR count). The second-order valence-corrected chi connectivity index (χ2v) is 7.61. The van der Waals surface area contributed by atoms with E-state index in [0.29, 0.717) is 0 Å². The van der Waals surface area contributed by atoms with E-state index in [1.165, 1.54) is 20.8 Å². The molecule has 1 aliphatic carbocycles.